The van der Waals surface area contributed by atoms with Gasteiger partial charge in [-0.25, -0.2) is 5.43 Å². The maximum atomic E-state index is 11.2. The van der Waals surface area contributed by atoms with Gasteiger partial charge in [-0.15, -0.1) is 0 Å². The zero-order valence-corrected chi connectivity index (χ0v) is 8.16. The van der Waals surface area contributed by atoms with E-state index in [0.717, 1.165) is 0 Å². The molecule has 6 heteroatoms. The Morgan fingerprint density at radius 3 is 2.07 bits per heavy atom. The van der Waals surface area contributed by atoms with Crippen molar-refractivity contribution in [3.63, 3.8) is 0 Å². The molecule has 1 rings (SSSR count). The van der Waals surface area contributed by atoms with Crippen molar-refractivity contribution in [2.45, 2.75) is 0 Å². The molecule has 1 aromatic carbocycles. The monoisotopic (exact) mass is 196 g/mol. The van der Waals surface area contributed by atoms with Gasteiger partial charge in [0, 0.05) is 19.8 Å². The Morgan fingerprint density at radius 2 is 1.71 bits per heavy atom. The van der Waals surface area contributed by atoms with Crippen LogP contribution in [0.4, 0.5) is 22.7 Å². The number of hydrogen-bond acceptors (Lipinski definition) is 6. The fourth-order valence-electron chi connectivity index (χ4n) is 1.21. The SMILES string of the molecule is CNc1c(N)cc(N([O-])NC)cc1N. The standard InChI is InChI=1S/C8H14N5O/c1-11-8-6(9)3-5(4-7(8)10)13(14)12-2/h3-4,11-12H,9-10H2,1-2H3/q-1. The van der Waals surface area contributed by atoms with Crippen molar-refractivity contribution in [1.29, 1.82) is 0 Å². The maximum absolute atomic E-state index is 11.2. The number of benzene rings is 1. The van der Waals surface area contributed by atoms with Gasteiger partial charge >= 0.3 is 0 Å². The molecule has 78 valence electrons. The van der Waals surface area contributed by atoms with Gasteiger partial charge in [0.1, 0.15) is 0 Å². The number of rotatable bonds is 3. The average molecular weight is 196 g/mol. The Hall–Kier alpha value is -1.66. The molecule has 0 fully saturated rings. The Kier molecular flexibility index (Phi) is 3.00. The van der Waals surface area contributed by atoms with Gasteiger partial charge in [0.25, 0.3) is 0 Å². The zero-order chi connectivity index (χ0) is 10.7. The summed E-state index contributed by atoms with van der Waals surface area (Å²) in [5.74, 6) is 0. The quantitative estimate of drug-likeness (QED) is 0.410. The molecule has 0 spiro atoms. The Morgan fingerprint density at radius 1 is 1.21 bits per heavy atom. The molecule has 0 amide bonds. The number of hydrogen-bond donors (Lipinski definition) is 4. The van der Waals surface area contributed by atoms with Gasteiger partial charge in [-0.05, 0) is 12.1 Å². The van der Waals surface area contributed by atoms with E-state index in [-0.39, 0.29) is 0 Å². The van der Waals surface area contributed by atoms with Crippen LogP contribution in [0.5, 0.6) is 0 Å². The number of nitrogens with one attached hydrogen (secondary N) is 2. The maximum Gasteiger partial charge on any atom is 0.0806 e. The van der Waals surface area contributed by atoms with Gasteiger partial charge in [0.05, 0.1) is 17.1 Å². The number of nitrogen functional groups attached to an aromatic ring is 2. The lowest BCUT2D eigenvalue weighted by atomic mass is 10.2. The van der Waals surface area contributed by atoms with Gasteiger partial charge in [-0.3, -0.25) is 0 Å². The molecule has 0 aliphatic carbocycles. The van der Waals surface area contributed by atoms with Crippen molar-refractivity contribution < 1.29 is 0 Å². The first-order valence-electron chi connectivity index (χ1n) is 4.11. The second-order valence-electron chi connectivity index (χ2n) is 2.77. The molecule has 0 saturated carbocycles. The van der Waals surface area contributed by atoms with Crippen LogP contribution in [0.25, 0.3) is 0 Å². The Bertz CT molecular complexity index is 305. The number of nitrogens with two attached hydrogens (primary N) is 2. The highest BCUT2D eigenvalue weighted by Crippen LogP contribution is 2.30. The van der Waals surface area contributed by atoms with E-state index in [0.29, 0.717) is 27.9 Å². The van der Waals surface area contributed by atoms with E-state index in [1.54, 1.807) is 19.2 Å². The lowest BCUT2D eigenvalue weighted by Crippen LogP contribution is -2.28. The highest BCUT2D eigenvalue weighted by molar-refractivity contribution is 5.84. The van der Waals surface area contributed by atoms with E-state index in [2.05, 4.69) is 10.7 Å². The largest absolute Gasteiger partial charge is 0.743 e. The first-order valence-corrected chi connectivity index (χ1v) is 4.11. The van der Waals surface area contributed by atoms with Crippen LogP contribution in [0.15, 0.2) is 12.1 Å². The summed E-state index contributed by atoms with van der Waals surface area (Å²) in [4.78, 5) is 0. The minimum Gasteiger partial charge on any atom is -0.743 e. The minimum absolute atomic E-state index is 0.376. The van der Waals surface area contributed by atoms with Crippen LogP contribution < -0.4 is 27.4 Å². The van der Waals surface area contributed by atoms with E-state index < -0.39 is 0 Å². The number of anilines is 4. The third-order valence-electron chi connectivity index (χ3n) is 1.87. The van der Waals surface area contributed by atoms with Crippen LogP contribution in [0.1, 0.15) is 0 Å². The van der Waals surface area contributed by atoms with E-state index in [4.69, 9.17) is 11.5 Å². The Balaban J connectivity index is 3.13. The average Bonchev–Trinajstić information content (AvgIpc) is 2.16. The lowest BCUT2D eigenvalue weighted by Gasteiger charge is -2.29. The van der Waals surface area contributed by atoms with Crippen LogP contribution >= 0.6 is 0 Å². The van der Waals surface area contributed by atoms with Gasteiger partial charge in [0.15, 0.2) is 0 Å². The molecule has 14 heavy (non-hydrogen) atoms. The fourth-order valence-corrected chi connectivity index (χ4v) is 1.21. The van der Waals surface area contributed by atoms with E-state index >= 15 is 0 Å². The van der Waals surface area contributed by atoms with E-state index in [9.17, 15) is 5.21 Å². The molecule has 0 radical (unpaired) electrons. The van der Waals surface area contributed by atoms with Crippen molar-refractivity contribution in [1.82, 2.24) is 5.43 Å². The predicted octanol–water partition coefficient (Wildman–Crippen LogP) is 0.331. The Labute approximate surface area is 82.4 Å². The van der Waals surface area contributed by atoms with Crippen LogP contribution in [0.2, 0.25) is 0 Å². The summed E-state index contributed by atoms with van der Waals surface area (Å²) in [6.07, 6.45) is 0. The van der Waals surface area contributed by atoms with Crippen molar-refractivity contribution in [2.24, 2.45) is 0 Å². The summed E-state index contributed by atoms with van der Waals surface area (Å²) in [5, 5.41) is 14.6. The lowest BCUT2D eigenvalue weighted by molar-refractivity contribution is 0.831. The topological polar surface area (TPSA) is 102 Å². The second-order valence-corrected chi connectivity index (χ2v) is 2.77. The molecule has 0 atom stereocenters. The minimum atomic E-state index is 0.376. The summed E-state index contributed by atoms with van der Waals surface area (Å²) >= 11 is 0. The molecule has 0 bridgehead atoms. The van der Waals surface area contributed by atoms with Crippen molar-refractivity contribution in [2.75, 3.05) is 36.1 Å². The van der Waals surface area contributed by atoms with Crippen molar-refractivity contribution >= 4 is 22.7 Å². The molecule has 0 aliphatic rings. The summed E-state index contributed by atoms with van der Waals surface area (Å²) in [6.45, 7) is 0. The first kappa shape index (κ1) is 10.4. The van der Waals surface area contributed by atoms with Crippen LogP contribution in [-0.2, 0) is 0 Å². The highest BCUT2D eigenvalue weighted by atomic mass is 16.5. The van der Waals surface area contributed by atoms with Gasteiger partial charge in [-0.1, -0.05) is 0 Å². The first-order chi connectivity index (χ1) is 6.60. The molecular weight excluding hydrogens is 182 g/mol. The summed E-state index contributed by atoms with van der Waals surface area (Å²) in [5.41, 5.74) is 15.7. The van der Waals surface area contributed by atoms with Crippen molar-refractivity contribution in [3.05, 3.63) is 17.3 Å². The summed E-state index contributed by atoms with van der Waals surface area (Å²) in [7, 11) is 3.24. The predicted molar refractivity (Wildman–Crippen MR) is 59.7 cm³/mol. The van der Waals surface area contributed by atoms with Crippen LogP contribution in [0.3, 0.4) is 0 Å². The molecule has 0 heterocycles. The summed E-state index contributed by atoms with van der Waals surface area (Å²) < 4.78 is 0. The third kappa shape index (κ3) is 1.81. The molecule has 0 aliphatic heterocycles. The molecule has 0 saturated heterocycles. The molecule has 1 aromatic rings. The third-order valence-corrected chi connectivity index (χ3v) is 1.87. The molecule has 0 aromatic heterocycles. The van der Waals surface area contributed by atoms with Gasteiger partial charge in [0.2, 0.25) is 0 Å². The van der Waals surface area contributed by atoms with E-state index in [1.165, 1.54) is 7.05 Å². The highest BCUT2D eigenvalue weighted by Gasteiger charge is 2.04. The molecule has 0 unspecified atom stereocenters. The normalized spacial score (nSPS) is 9.93. The molecule has 6 N–H and O–H groups in total. The molecule has 6 nitrogen and oxygen atoms in total. The summed E-state index contributed by atoms with van der Waals surface area (Å²) in [6, 6.07) is 3.09. The van der Waals surface area contributed by atoms with Gasteiger partial charge < -0.3 is 27.2 Å². The van der Waals surface area contributed by atoms with Crippen LogP contribution in [0, 0.1) is 5.21 Å². The van der Waals surface area contributed by atoms with Gasteiger partial charge in [-0.2, -0.15) is 0 Å². The van der Waals surface area contributed by atoms with Crippen LogP contribution in [-0.4, -0.2) is 14.1 Å². The zero-order valence-electron chi connectivity index (χ0n) is 8.16. The smallest absolute Gasteiger partial charge is 0.0806 e. The fraction of sp³-hybridized carbons (Fsp3) is 0.250. The second kappa shape index (κ2) is 4.03. The molecular formula is C8H14N5O-. The van der Waals surface area contributed by atoms with E-state index in [1.807, 2.05) is 0 Å². The number of hydrazine groups is 1. The number of nitrogens with zero attached hydrogens (tertiary/aromatic N) is 1. The van der Waals surface area contributed by atoms with Crippen molar-refractivity contribution in [3.8, 4) is 0 Å².